The predicted molar refractivity (Wildman–Crippen MR) is 156 cm³/mol. The van der Waals surface area contributed by atoms with Gasteiger partial charge in [0.2, 0.25) is 5.91 Å². The van der Waals surface area contributed by atoms with Crippen molar-refractivity contribution in [1.29, 1.82) is 0 Å². The molecule has 7 nitrogen and oxygen atoms in total. The number of carbonyl (C=O) groups excluding carboxylic acids is 1. The fraction of sp³-hybridized carbons (Fsp3) is 0.516. The zero-order chi connectivity index (χ0) is 27.5. The number of carbonyl (C=O) groups is 1. The van der Waals surface area contributed by atoms with Crippen molar-refractivity contribution in [2.45, 2.75) is 71.1 Å². The number of aromatic nitrogens is 2. The summed E-state index contributed by atoms with van der Waals surface area (Å²) in [7, 11) is 0. The van der Waals surface area contributed by atoms with Crippen LogP contribution in [0.1, 0.15) is 57.9 Å². The highest BCUT2D eigenvalue weighted by Crippen LogP contribution is 2.42. The van der Waals surface area contributed by atoms with E-state index in [1.807, 2.05) is 38.1 Å². The van der Waals surface area contributed by atoms with Crippen molar-refractivity contribution in [2.24, 2.45) is 5.92 Å². The van der Waals surface area contributed by atoms with Gasteiger partial charge in [0.15, 0.2) is 0 Å². The molecule has 8 heteroatoms. The quantitative estimate of drug-likeness (QED) is 0.394. The van der Waals surface area contributed by atoms with Gasteiger partial charge in [-0.1, -0.05) is 29.8 Å². The van der Waals surface area contributed by atoms with Gasteiger partial charge >= 0.3 is 0 Å². The lowest BCUT2D eigenvalue weighted by atomic mass is 9.71. The van der Waals surface area contributed by atoms with E-state index in [2.05, 4.69) is 23.2 Å². The summed E-state index contributed by atoms with van der Waals surface area (Å²) in [6.45, 7) is 9.95. The van der Waals surface area contributed by atoms with Gasteiger partial charge in [-0.2, -0.15) is 0 Å². The number of benzene rings is 2. The summed E-state index contributed by atoms with van der Waals surface area (Å²) in [5.41, 5.74) is 2.31. The second-order valence-electron chi connectivity index (χ2n) is 11.3. The van der Waals surface area contributed by atoms with Gasteiger partial charge in [-0.15, -0.1) is 0 Å². The van der Waals surface area contributed by atoms with Gasteiger partial charge < -0.3 is 15.0 Å². The van der Waals surface area contributed by atoms with Gasteiger partial charge in [0.1, 0.15) is 12.4 Å². The average Bonchev–Trinajstić information content (AvgIpc) is 2.88. The van der Waals surface area contributed by atoms with Crippen molar-refractivity contribution >= 4 is 28.4 Å². The van der Waals surface area contributed by atoms with Crippen LogP contribution in [0.15, 0.2) is 47.3 Å². The molecule has 2 fully saturated rings. The molecular formula is C31H39ClN4O3. The lowest BCUT2D eigenvalue weighted by Gasteiger charge is -2.41. The summed E-state index contributed by atoms with van der Waals surface area (Å²) < 4.78 is 7.27. The third-order valence-corrected chi connectivity index (χ3v) is 8.21. The molecule has 0 spiro atoms. The maximum atomic E-state index is 13.8. The lowest BCUT2D eigenvalue weighted by molar-refractivity contribution is -0.122. The number of nitrogens with one attached hydrogen (secondary N) is 1. The Kier molecular flexibility index (Phi) is 8.70. The van der Waals surface area contributed by atoms with Gasteiger partial charge in [-0.25, -0.2) is 4.98 Å². The van der Waals surface area contributed by atoms with Crippen molar-refractivity contribution in [3.05, 3.63) is 63.4 Å². The first-order valence-corrected chi connectivity index (χ1v) is 14.6. The zero-order valence-corrected chi connectivity index (χ0v) is 23.9. The Morgan fingerprint density at radius 3 is 2.62 bits per heavy atom. The number of rotatable bonds is 9. The normalized spacial score (nSPS) is 20.3. The van der Waals surface area contributed by atoms with Gasteiger partial charge in [0.25, 0.3) is 5.56 Å². The Hall–Kier alpha value is -2.74. The summed E-state index contributed by atoms with van der Waals surface area (Å²) in [6, 6.07) is 13.3. The number of hydrogen-bond acceptors (Lipinski definition) is 5. The first kappa shape index (κ1) is 27.8. The first-order chi connectivity index (χ1) is 18.8. The summed E-state index contributed by atoms with van der Waals surface area (Å²) in [4.78, 5) is 33.9. The Balaban J connectivity index is 1.35. The van der Waals surface area contributed by atoms with Gasteiger partial charge in [0.05, 0.1) is 17.0 Å². The lowest BCUT2D eigenvalue weighted by Crippen LogP contribution is -2.42. The molecule has 2 aromatic carbocycles. The van der Waals surface area contributed by atoms with Gasteiger partial charge in [0, 0.05) is 42.9 Å². The standard InChI is InChI=1S/C31H39ClN4O3/c1-4-39-26-10-12-35(13-11-26)18-21-14-24(15-21)22-8-9-28-27(17-22)31(38)36(19-29(37)33-20(2)3)30(34-28)23-6-5-7-25(32)16-23/h5-9,16-17,20-21,24,26H,4,10-15,18-19H2,1-3H3,(H,33,37). The van der Waals surface area contributed by atoms with E-state index in [-0.39, 0.29) is 24.1 Å². The number of piperidine rings is 1. The number of fused-ring (bicyclic) bond motifs is 1. The van der Waals surface area contributed by atoms with E-state index in [9.17, 15) is 9.59 Å². The maximum absolute atomic E-state index is 13.8. The number of halogens is 1. The van der Waals surface area contributed by atoms with E-state index >= 15 is 0 Å². The summed E-state index contributed by atoms with van der Waals surface area (Å²) in [5, 5.41) is 3.99. The van der Waals surface area contributed by atoms with Crippen molar-refractivity contribution < 1.29 is 9.53 Å². The second kappa shape index (κ2) is 12.2. The van der Waals surface area contributed by atoms with E-state index in [0.29, 0.717) is 45.3 Å². The molecule has 0 radical (unpaired) electrons. The topological polar surface area (TPSA) is 76.5 Å². The molecule has 2 aliphatic rings. The maximum Gasteiger partial charge on any atom is 0.262 e. The zero-order valence-electron chi connectivity index (χ0n) is 23.2. The van der Waals surface area contributed by atoms with E-state index in [1.165, 1.54) is 10.1 Å². The fourth-order valence-electron chi connectivity index (χ4n) is 6.01. The molecule has 1 saturated carbocycles. The monoisotopic (exact) mass is 550 g/mol. The van der Waals surface area contributed by atoms with Crippen LogP contribution in [0.2, 0.25) is 5.02 Å². The molecule has 1 N–H and O–H groups in total. The largest absolute Gasteiger partial charge is 0.378 e. The molecule has 2 heterocycles. The smallest absolute Gasteiger partial charge is 0.262 e. The Bertz CT molecular complexity index is 1370. The fourth-order valence-corrected chi connectivity index (χ4v) is 6.20. The molecule has 0 unspecified atom stereocenters. The molecule has 1 aliphatic carbocycles. The van der Waals surface area contributed by atoms with Crippen molar-refractivity contribution in [3.63, 3.8) is 0 Å². The minimum absolute atomic E-state index is 0.0227. The highest BCUT2D eigenvalue weighted by atomic mass is 35.5. The molecule has 208 valence electrons. The van der Waals surface area contributed by atoms with Gasteiger partial charge in [-0.3, -0.25) is 14.2 Å². The third-order valence-electron chi connectivity index (χ3n) is 7.97. The molecule has 1 aromatic heterocycles. The third kappa shape index (κ3) is 6.53. The van der Waals surface area contributed by atoms with E-state index in [1.54, 1.807) is 12.1 Å². The number of hydrogen-bond donors (Lipinski definition) is 1. The molecule has 0 atom stereocenters. The Morgan fingerprint density at radius 2 is 1.92 bits per heavy atom. The first-order valence-electron chi connectivity index (χ1n) is 14.2. The number of amides is 1. The van der Waals surface area contributed by atoms with Crippen molar-refractivity contribution in [1.82, 2.24) is 19.8 Å². The SMILES string of the molecule is CCOC1CCN(CC2CC(c3ccc4nc(-c5cccc(Cl)c5)n(CC(=O)NC(C)C)c(=O)c4c3)C2)CC1. The molecule has 3 aromatic rings. The number of likely N-dealkylation sites (tertiary alicyclic amines) is 1. The summed E-state index contributed by atoms with van der Waals surface area (Å²) in [6.07, 6.45) is 4.94. The van der Waals surface area contributed by atoms with E-state index in [0.717, 1.165) is 51.9 Å². The van der Waals surface area contributed by atoms with E-state index in [4.69, 9.17) is 21.3 Å². The Morgan fingerprint density at radius 1 is 1.15 bits per heavy atom. The molecular weight excluding hydrogens is 512 g/mol. The van der Waals surface area contributed by atoms with Crippen LogP contribution < -0.4 is 10.9 Å². The summed E-state index contributed by atoms with van der Waals surface area (Å²) >= 11 is 6.25. The van der Waals surface area contributed by atoms with Crippen LogP contribution in [0, 0.1) is 5.92 Å². The van der Waals surface area contributed by atoms with Crippen molar-refractivity contribution in [3.8, 4) is 11.4 Å². The molecule has 1 aliphatic heterocycles. The average molecular weight is 551 g/mol. The highest BCUT2D eigenvalue weighted by molar-refractivity contribution is 6.30. The van der Waals surface area contributed by atoms with Crippen LogP contribution in [0.5, 0.6) is 0 Å². The molecule has 39 heavy (non-hydrogen) atoms. The van der Waals surface area contributed by atoms with Crippen LogP contribution in [0.4, 0.5) is 0 Å². The van der Waals surface area contributed by atoms with Crippen LogP contribution in [0.25, 0.3) is 22.3 Å². The second-order valence-corrected chi connectivity index (χ2v) is 11.8. The van der Waals surface area contributed by atoms with Crippen LogP contribution in [-0.2, 0) is 16.1 Å². The minimum atomic E-state index is -0.222. The highest BCUT2D eigenvalue weighted by Gasteiger charge is 2.33. The number of ether oxygens (including phenoxy) is 1. The van der Waals surface area contributed by atoms with Crippen LogP contribution in [0.3, 0.4) is 0 Å². The minimum Gasteiger partial charge on any atom is -0.378 e. The van der Waals surface area contributed by atoms with Crippen molar-refractivity contribution in [2.75, 3.05) is 26.2 Å². The van der Waals surface area contributed by atoms with Crippen LogP contribution >= 0.6 is 11.6 Å². The molecule has 1 amide bonds. The predicted octanol–water partition coefficient (Wildman–Crippen LogP) is 5.24. The Labute approximate surface area is 235 Å². The number of nitrogens with zero attached hydrogens (tertiary/aromatic N) is 3. The molecule has 0 bridgehead atoms. The molecule has 5 rings (SSSR count). The summed E-state index contributed by atoms with van der Waals surface area (Å²) in [5.74, 6) is 1.36. The van der Waals surface area contributed by atoms with Crippen LogP contribution in [-0.4, -0.2) is 58.7 Å². The van der Waals surface area contributed by atoms with Gasteiger partial charge in [-0.05, 0) is 88.1 Å². The molecule has 1 saturated heterocycles. The van der Waals surface area contributed by atoms with E-state index < -0.39 is 0 Å².